The highest BCUT2D eigenvalue weighted by Crippen LogP contribution is 2.23. The summed E-state index contributed by atoms with van der Waals surface area (Å²) < 4.78 is 1.77. The van der Waals surface area contributed by atoms with E-state index in [-0.39, 0.29) is 12.3 Å². The van der Waals surface area contributed by atoms with Crippen molar-refractivity contribution in [3.05, 3.63) is 60.0 Å². The number of rotatable bonds is 6. The minimum atomic E-state index is -1.04. The summed E-state index contributed by atoms with van der Waals surface area (Å²) in [6, 6.07) is 11.7. The highest BCUT2D eigenvalue weighted by molar-refractivity contribution is 5.71. The molecule has 0 spiro atoms. The zero-order chi connectivity index (χ0) is 19.6. The number of nitrogens with one attached hydrogen (secondary N) is 1. The van der Waals surface area contributed by atoms with E-state index < -0.39 is 5.97 Å². The average Bonchev–Trinajstić information content (AvgIpc) is 3.11. The summed E-state index contributed by atoms with van der Waals surface area (Å²) in [6.07, 6.45) is 3.62. The Morgan fingerprint density at radius 1 is 1.30 bits per heavy atom. The van der Waals surface area contributed by atoms with Crippen LogP contribution in [0.25, 0.3) is 11.3 Å². The summed E-state index contributed by atoms with van der Waals surface area (Å²) in [5, 5.41) is 27.6. The van der Waals surface area contributed by atoms with Gasteiger partial charge in [0.1, 0.15) is 18.0 Å². The molecule has 9 heteroatoms. The number of hydrogen-bond acceptors (Lipinski definition) is 6. The fourth-order valence-electron chi connectivity index (χ4n) is 2.18. The standard InChI is InChI=1S/C15H14N4O.C3H5NO3/c1-11-14(7-13(20)8-16-11)15-10-19(18-17-15)9-12-5-3-2-4-6-12;5-2-4-1-3(6)7/h2-8,10,20H,9H2,1H3;2H,1H2,(H,4,5)(H,6,7). The van der Waals surface area contributed by atoms with Crippen molar-refractivity contribution >= 4 is 12.4 Å². The molecule has 0 unspecified atom stereocenters. The van der Waals surface area contributed by atoms with Gasteiger partial charge in [0, 0.05) is 11.3 Å². The Morgan fingerprint density at radius 3 is 2.67 bits per heavy atom. The van der Waals surface area contributed by atoms with Gasteiger partial charge in [-0.25, -0.2) is 4.68 Å². The largest absolute Gasteiger partial charge is 0.506 e. The second kappa shape index (κ2) is 9.66. The van der Waals surface area contributed by atoms with E-state index in [1.807, 2.05) is 48.8 Å². The lowest BCUT2D eigenvalue weighted by molar-refractivity contribution is -0.136. The van der Waals surface area contributed by atoms with Gasteiger partial charge in [-0.15, -0.1) is 5.10 Å². The van der Waals surface area contributed by atoms with E-state index in [2.05, 4.69) is 15.3 Å². The number of pyridine rings is 1. The quantitative estimate of drug-likeness (QED) is 0.557. The zero-order valence-corrected chi connectivity index (χ0v) is 14.6. The first-order valence-electron chi connectivity index (χ1n) is 7.98. The molecule has 1 aromatic carbocycles. The highest BCUT2D eigenvalue weighted by Gasteiger charge is 2.09. The molecule has 0 aliphatic heterocycles. The van der Waals surface area contributed by atoms with E-state index in [1.54, 1.807) is 10.7 Å². The van der Waals surface area contributed by atoms with Crippen molar-refractivity contribution in [2.45, 2.75) is 13.5 Å². The third kappa shape index (κ3) is 6.24. The molecule has 0 radical (unpaired) electrons. The second-order valence-corrected chi connectivity index (χ2v) is 5.51. The van der Waals surface area contributed by atoms with Crippen LogP contribution in [0.3, 0.4) is 0 Å². The summed E-state index contributed by atoms with van der Waals surface area (Å²) in [5.41, 5.74) is 3.48. The van der Waals surface area contributed by atoms with Crippen LogP contribution in [0.5, 0.6) is 5.75 Å². The Labute approximate surface area is 155 Å². The SMILES string of the molecule is Cc1ncc(O)cc1-c1cn(Cc2ccccc2)nn1.O=CNCC(=O)O. The van der Waals surface area contributed by atoms with Crippen molar-refractivity contribution in [1.29, 1.82) is 0 Å². The van der Waals surface area contributed by atoms with Crippen molar-refractivity contribution in [2.24, 2.45) is 0 Å². The van der Waals surface area contributed by atoms with Crippen molar-refractivity contribution in [1.82, 2.24) is 25.3 Å². The molecule has 0 saturated heterocycles. The topological polar surface area (TPSA) is 130 Å². The number of amides is 1. The van der Waals surface area contributed by atoms with Gasteiger partial charge >= 0.3 is 5.97 Å². The van der Waals surface area contributed by atoms with Crippen LogP contribution in [-0.2, 0) is 16.1 Å². The lowest BCUT2D eigenvalue weighted by atomic mass is 10.1. The molecule has 0 fully saturated rings. The molecule has 0 saturated carbocycles. The Balaban J connectivity index is 0.000000321. The molecule has 0 atom stereocenters. The average molecular weight is 369 g/mol. The highest BCUT2D eigenvalue weighted by atomic mass is 16.4. The lowest BCUT2D eigenvalue weighted by Crippen LogP contribution is -2.20. The molecular formula is C18H19N5O4. The van der Waals surface area contributed by atoms with Gasteiger partial charge in [0.2, 0.25) is 6.41 Å². The second-order valence-electron chi connectivity index (χ2n) is 5.51. The number of carboxylic acid groups (broad SMARTS) is 1. The molecule has 2 heterocycles. The number of nitrogens with zero attached hydrogens (tertiary/aromatic N) is 4. The van der Waals surface area contributed by atoms with Crippen LogP contribution in [0.4, 0.5) is 0 Å². The van der Waals surface area contributed by atoms with Gasteiger partial charge in [-0.3, -0.25) is 14.6 Å². The van der Waals surface area contributed by atoms with Crippen molar-refractivity contribution in [3.8, 4) is 17.0 Å². The number of aromatic hydroxyl groups is 1. The fourth-order valence-corrected chi connectivity index (χ4v) is 2.18. The molecule has 2 aromatic heterocycles. The van der Waals surface area contributed by atoms with Crippen molar-refractivity contribution in [3.63, 3.8) is 0 Å². The normalized spacial score (nSPS) is 9.81. The van der Waals surface area contributed by atoms with Crippen LogP contribution in [0.1, 0.15) is 11.3 Å². The van der Waals surface area contributed by atoms with Crippen LogP contribution < -0.4 is 5.32 Å². The minimum absolute atomic E-state index is 0.128. The van der Waals surface area contributed by atoms with E-state index >= 15 is 0 Å². The molecule has 0 bridgehead atoms. The fraction of sp³-hybridized carbons (Fsp3) is 0.167. The van der Waals surface area contributed by atoms with Gasteiger partial charge in [0.25, 0.3) is 0 Å². The third-order valence-electron chi connectivity index (χ3n) is 3.41. The molecule has 1 amide bonds. The number of aliphatic carboxylic acids is 1. The molecule has 140 valence electrons. The van der Waals surface area contributed by atoms with Crippen LogP contribution >= 0.6 is 0 Å². The molecule has 27 heavy (non-hydrogen) atoms. The maximum absolute atomic E-state index is 9.54. The van der Waals surface area contributed by atoms with Crippen LogP contribution in [0.15, 0.2) is 48.8 Å². The monoisotopic (exact) mass is 369 g/mol. The Kier molecular flexibility index (Phi) is 7.00. The number of benzene rings is 1. The predicted molar refractivity (Wildman–Crippen MR) is 96.9 cm³/mol. The molecule has 3 N–H and O–H groups in total. The first-order valence-corrected chi connectivity index (χ1v) is 7.98. The number of carboxylic acids is 1. The molecular weight excluding hydrogens is 350 g/mol. The Bertz CT molecular complexity index is 896. The molecule has 9 nitrogen and oxygen atoms in total. The molecule has 3 aromatic rings. The van der Waals surface area contributed by atoms with Crippen molar-refractivity contribution < 1.29 is 19.8 Å². The maximum Gasteiger partial charge on any atom is 0.322 e. The van der Waals surface area contributed by atoms with E-state index in [4.69, 9.17) is 5.11 Å². The molecule has 0 aliphatic carbocycles. The summed E-state index contributed by atoms with van der Waals surface area (Å²) in [7, 11) is 0. The zero-order valence-electron chi connectivity index (χ0n) is 14.6. The van der Waals surface area contributed by atoms with Gasteiger partial charge in [-0.1, -0.05) is 35.5 Å². The maximum atomic E-state index is 9.54. The Morgan fingerprint density at radius 2 is 2.04 bits per heavy atom. The number of aromatic nitrogens is 4. The number of hydrogen-bond donors (Lipinski definition) is 3. The van der Waals surface area contributed by atoms with Crippen LogP contribution in [0.2, 0.25) is 0 Å². The van der Waals surface area contributed by atoms with Gasteiger partial charge in [-0.2, -0.15) is 0 Å². The summed E-state index contributed by atoms with van der Waals surface area (Å²) in [5.74, 6) is -0.907. The van der Waals surface area contributed by atoms with E-state index in [0.717, 1.165) is 16.8 Å². The molecule has 0 aliphatic rings. The van der Waals surface area contributed by atoms with Crippen molar-refractivity contribution in [2.75, 3.05) is 6.54 Å². The first kappa shape index (κ1) is 19.6. The third-order valence-corrected chi connectivity index (χ3v) is 3.41. The summed E-state index contributed by atoms with van der Waals surface area (Å²) >= 11 is 0. The smallest absolute Gasteiger partial charge is 0.322 e. The van der Waals surface area contributed by atoms with Gasteiger partial charge in [0.15, 0.2) is 0 Å². The van der Waals surface area contributed by atoms with Crippen LogP contribution in [0, 0.1) is 6.92 Å². The first-order chi connectivity index (χ1) is 13.0. The Hall–Kier alpha value is -3.75. The predicted octanol–water partition coefficient (Wildman–Crippen LogP) is 1.22. The van der Waals surface area contributed by atoms with Gasteiger partial charge in [0.05, 0.1) is 18.9 Å². The lowest BCUT2D eigenvalue weighted by Gasteiger charge is -2.01. The van der Waals surface area contributed by atoms with Gasteiger partial charge in [-0.05, 0) is 18.6 Å². The molecule has 3 rings (SSSR count). The van der Waals surface area contributed by atoms with Crippen LogP contribution in [-0.4, -0.2) is 49.1 Å². The number of aryl methyl sites for hydroxylation is 1. The summed E-state index contributed by atoms with van der Waals surface area (Å²) in [6.45, 7) is 2.24. The minimum Gasteiger partial charge on any atom is -0.506 e. The van der Waals surface area contributed by atoms with E-state index in [0.29, 0.717) is 18.6 Å². The number of carbonyl (C=O) groups excluding carboxylic acids is 1. The van der Waals surface area contributed by atoms with Gasteiger partial charge < -0.3 is 15.5 Å². The van der Waals surface area contributed by atoms with E-state index in [9.17, 15) is 14.7 Å². The summed E-state index contributed by atoms with van der Waals surface area (Å²) in [4.78, 5) is 23.0. The number of carbonyl (C=O) groups is 2. The van der Waals surface area contributed by atoms with E-state index in [1.165, 1.54) is 6.20 Å².